The van der Waals surface area contributed by atoms with Gasteiger partial charge in [-0.25, -0.2) is 14.6 Å². The predicted molar refractivity (Wildman–Crippen MR) is 83.8 cm³/mol. The Morgan fingerprint density at radius 2 is 2.17 bits per heavy atom. The van der Waals surface area contributed by atoms with Gasteiger partial charge in [0.1, 0.15) is 0 Å². The molecule has 0 aliphatic carbocycles. The first kappa shape index (κ1) is 12.4. The van der Waals surface area contributed by atoms with Crippen molar-refractivity contribution in [3.63, 3.8) is 0 Å². The Labute approximate surface area is 132 Å². The Morgan fingerprint density at radius 1 is 1.17 bits per heavy atom. The van der Waals surface area contributed by atoms with E-state index in [1.54, 1.807) is 34.6 Å². The summed E-state index contributed by atoms with van der Waals surface area (Å²) in [4.78, 5) is 10.1. The molecular weight excluding hydrogens is 314 g/mol. The van der Waals surface area contributed by atoms with Crippen LogP contribution in [0, 0.1) is 0 Å². The topological polar surface area (TPSA) is 114 Å². The van der Waals surface area contributed by atoms with Gasteiger partial charge in [-0.15, -0.1) is 16.4 Å². The van der Waals surface area contributed by atoms with E-state index in [1.165, 1.54) is 0 Å². The number of H-pyrrole nitrogens is 2. The third-order valence-corrected chi connectivity index (χ3v) is 4.56. The highest BCUT2D eigenvalue weighted by Crippen LogP contribution is 2.24. The average molecular weight is 323 g/mol. The zero-order valence-corrected chi connectivity index (χ0v) is 12.4. The molecule has 112 valence electrons. The van der Waals surface area contributed by atoms with Crippen molar-refractivity contribution in [2.24, 2.45) is 0 Å². The van der Waals surface area contributed by atoms with Gasteiger partial charge < -0.3 is 0 Å². The summed E-state index contributed by atoms with van der Waals surface area (Å²) in [5.41, 5.74) is 3.82. The summed E-state index contributed by atoms with van der Waals surface area (Å²) < 4.78 is 2.87. The standard InChI is InChI=1S/C13H9N9S/c1-8(23-11-5-17-19-9(1)11)6-22-13-12(20-21-22)14-4-10(18-13)7-2-15-16-3-7/h1-5H,6H2,(H,15,16)(H,17,19). The van der Waals surface area contributed by atoms with Crippen molar-refractivity contribution >= 4 is 32.8 Å². The quantitative estimate of drug-likeness (QED) is 0.521. The maximum Gasteiger partial charge on any atom is 0.221 e. The van der Waals surface area contributed by atoms with Crippen molar-refractivity contribution < 1.29 is 0 Å². The molecule has 0 bridgehead atoms. The van der Waals surface area contributed by atoms with Gasteiger partial charge in [-0.2, -0.15) is 10.2 Å². The summed E-state index contributed by atoms with van der Waals surface area (Å²) in [6.45, 7) is 0.590. The second-order valence-corrected chi connectivity index (χ2v) is 6.17. The first-order valence-electron chi connectivity index (χ1n) is 6.84. The van der Waals surface area contributed by atoms with Gasteiger partial charge in [-0.3, -0.25) is 10.2 Å². The number of nitrogens with zero attached hydrogens (tertiary/aromatic N) is 7. The van der Waals surface area contributed by atoms with E-state index in [0.717, 1.165) is 26.4 Å². The van der Waals surface area contributed by atoms with E-state index in [1.807, 2.05) is 6.20 Å². The molecule has 0 radical (unpaired) electrons. The minimum atomic E-state index is 0.529. The maximum atomic E-state index is 4.62. The molecule has 0 spiro atoms. The molecular formula is C13H9N9S. The molecule has 10 heteroatoms. The van der Waals surface area contributed by atoms with Crippen LogP contribution in [0.5, 0.6) is 0 Å². The van der Waals surface area contributed by atoms with Crippen LogP contribution in [0.25, 0.3) is 32.8 Å². The van der Waals surface area contributed by atoms with Crippen LogP contribution in [0.1, 0.15) is 4.88 Å². The molecule has 2 N–H and O–H groups in total. The van der Waals surface area contributed by atoms with E-state index < -0.39 is 0 Å². The molecule has 5 aromatic rings. The lowest BCUT2D eigenvalue weighted by Crippen LogP contribution is -2.02. The van der Waals surface area contributed by atoms with Crippen molar-refractivity contribution in [3.05, 3.63) is 35.7 Å². The van der Waals surface area contributed by atoms with Gasteiger partial charge in [0.15, 0.2) is 5.65 Å². The number of fused-ring (bicyclic) bond motifs is 2. The van der Waals surface area contributed by atoms with Crippen molar-refractivity contribution in [2.75, 3.05) is 0 Å². The van der Waals surface area contributed by atoms with Crippen molar-refractivity contribution in [3.8, 4) is 11.3 Å². The molecule has 9 nitrogen and oxygen atoms in total. The highest BCUT2D eigenvalue weighted by molar-refractivity contribution is 7.19. The highest BCUT2D eigenvalue weighted by Gasteiger charge is 2.12. The summed E-state index contributed by atoms with van der Waals surface area (Å²) in [6, 6.07) is 2.06. The molecule has 5 aromatic heterocycles. The molecule has 0 fully saturated rings. The zero-order chi connectivity index (χ0) is 15.2. The third-order valence-electron chi connectivity index (χ3n) is 3.51. The Balaban J connectivity index is 1.57. The number of rotatable bonds is 3. The van der Waals surface area contributed by atoms with Crippen LogP contribution in [-0.4, -0.2) is 45.4 Å². The average Bonchev–Trinajstić information content (AvgIpc) is 3.31. The van der Waals surface area contributed by atoms with Gasteiger partial charge in [0.05, 0.1) is 41.0 Å². The van der Waals surface area contributed by atoms with E-state index in [4.69, 9.17) is 0 Å². The fraction of sp³-hybridized carbons (Fsp3) is 0.0769. The second kappa shape index (κ2) is 4.68. The Kier molecular flexibility index (Phi) is 2.52. The SMILES string of the molecule is c1n[nH]cc1-c1cnc2nnn(Cc3cc4[nH]ncc4s3)c2n1. The van der Waals surface area contributed by atoms with Gasteiger partial charge in [0.2, 0.25) is 5.65 Å². The maximum absolute atomic E-state index is 4.62. The van der Waals surface area contributed by atoms with Gasteiger partial charge in [-0.05, 0) is 6.07 Å². The fourth-order valence-corrected chi connectivity index (χ4v) is 3.38. The van der Waals surface area contributed by atoms with Crippen LogP contribution in [0.4, 0.5) is 0 Å². The normalized spacial score (nSPS) is 11.7. The van der Waals surface area contributed by atoms with Gasteiger partial charge in [0, 0.05) is 16.6 Å². The first-order chi connectivity index (χ1) is 11.4. The minimum Gasteiger partial charge on any atom is -0.285 e. The van der Waals surface area contributed by atoms with Crippen LogP contribution >= 0.6 is 11.3 Å². The summed E-state index contributed by atoms with van der Waals surface area (Å²) in [6.07, 6.45) is 6.98. The molecule has 5 rings (SSSR count). The number of aromatic amines is 2. The molecule has 5 heterocycles. The Hall–Kier alpha value is -3.14. The van der Waals surface area contributed by atoms with Crippen molar-refractivity contribution in [1.29, 1.82) is 0 Å². The zero-order valence-electron chi connectivity index (χ0n) is 11.6. The Morgan fingerprint density at radius 3 is 3.04 bits per heavy atom. The van der Waals surface area contributed by atoms with Crippen molar-refractivity contribution in [2.45, 2.75) is 6.54 Å². The molecule has 0 amide bonds. The van der Waals surface area contributed by atoms with E-state index >= 15 is 0 Å². The molecule has 0 saturated heterocycles. The summed E-state index contributed by atoms with van der Waals surface area (Å²) in [7, 11) is 0. The summed E-state index contributed by atoms with van der Waals surface area (Å²) in [5.74, 6) is 0. The van der Waals surface area contributed by atoms with Crippen molar-refractivity contribution in [1.82, 2.24) is 45.4 Å². The second-order valence-electron chi connectivity index (χ2n) is 5.00. The number of hydrogen-bond donors (Lipinski definition) is 2. The van der Waals surface area contributed by atoms with E-state index in [2.05, 4.69) is 46.7 Å². The molecule has 0 aliphatic heterocycles. The summed E-state index contributed by atoms with van der Waals surface area (Å²) in [5, 5.41) is 21.9. The lowest BCUT2D eigenvalue weighted by atomic mass is 10.3. The molecule has 0 unspecified atom stereocenters. The minimum absolute atomic E-state index is 0.529. The van der Waals surface area contributed by atoms with Gasteiger partial charge in [0.25, 0.3) is 0 Å². The van der Waals surface area contributed by atoms with E-state index in [0.29, 0.717) is 17.8 Å². The Bertz CT molecular complexity index is 1070. The van der Waals surface area contributed by atoms with Crippen LogP contribution < -0.4 is 0 Å². The smallest absolute Gasteiger partial charge is 0.221 e. The summed E-state index contributed by atoms with van der Waals surface area (Å²) >= 11 is 1.67. The van der Waals surface area contributed by atoms with Crippen LogP contribution in [0.2, 0.25) is 0 Å². The lowest BCUT2D eigenvalue weighted by Gasteiger charge is -2.00. The highest BCUT2D eigenvalue weighted by atomic mass is 32.1. The van der Waals surface area contributed by atoms with E-state index in [9.17, 15) is 0 Å². The molecule has 23 heavy (non-hydrogen) atoms. The lowest BCUT2D eigenvalue weighted by molar-refractivity contribution is 0.671. The monoisotopic (exact) mass is 323 g/mol. The fourth-order valence-electron chi connectivity index (χ4n) is 2.42. The first-order valence-corrected chi connectivity index (χ1v) is 7.66. The van der Waals surface area contributed by atoms with Crippen LogP contribution in [0.15, 0.2) is 30.9 Å². The van der Waals surface area contributed by atoms with Crippen LogP contribution in [0.3, 0.4) is 0 Å². The molecule has 0 aromatic carbocycles. The molecule has 0 atom stereocenters. The third kappa shape index (κ3) is 1.99. The number of thiophene rings is 1. The van der Waals surface area contributed by atoms with Gasteiger partial charge >= 0.3 is 0 Å². The number of aromatic nitrogens is 9. The molecule has 0 saturated carbocycles. The molecule has 0 aliphatic rings. The number of hydrogen-bond acceptors (Lipinski definition) is 7. The van der Waals surface area contributed by atoms with Crippen LogP contribution in [-0.2, 0) is 6.54 Å². The van der Waals surface area contributed by atoms with E-state index in [-0.39, 0.29) is 0 Å². The largest absolute Gasteiger partial charge is 0.285 e. The van der Waals surface area contributed by atoms with Gasteiger partial charge in [-0.1, -0.05) is 5.21 Å². The predicted octanol–water partition coefficient (Wildman–Crippen LogP) is 1.60. The number of nitrogens with one attached hydrogen (secondary N) is 2.